The van der Waals surface area contributed by atoms with E-state index in [4.69, 9.17) is 15.4 Å². The van der Waals surface area contributed by atoms with Crippen LogP contribution in [0.15, 0.2) is 22.6 Å². The van der Waals surface area contributed by atoms with E-state index in [2.05, 4.69) is 10.3 Å². The lowest BCUT2D eigenvalue weighted by atomic mass is 10.2. The first-order chi connectivity index (χ1) is 8.60. The van der Waals surface area contributed by atoms with Crippen molar-refractivity contribution in [2.75, 3.05) is 11.1 Å². The van der Waals surface area contributed by atoms with Gasteiger partial charge in [0.25, 0.3) is 0 Å². The lowest BCUT2D eigenvalue weighted by molar-refractivity contribution is 0.478. The molecule has 5 nitrogen and oxygen atoms in total. The number of nitrogens with two attached hydrogens (primary N) is 1. The smallest absolute Gasteiger partial charge is 0.213 e. The van der Waals surface area contributed by atoms with Crippen molar-refractivity contribution in [3.8, 4) is 6.07 Å². The molecule has 2 aromatic rings. The van der Waals surface area contributed by atoms with Crippen LogP contribution in [0.2, 0.25) is 0 Å². The van der Waals surface area contributed by atoms with Crippen molar-refractivity contribution < 1.29 is 4.42 Å². The topological polar surface area (TPSA) is 87.9 Å². The second-order valence-electron chi connectivity index (χ2n) is 4.02. The van der Waals surface area contributed by atoms with Crippen LogP contribution in [0, 0.1) is 25.2 Å². The van der Waals surface area contributed by atoms with Crippen molar-refractivity contribution in [1.29, 1.82) is 5.26 Å². The van der Waals surface area contributed by atoms with E-state index in [0.29, 0.717) is 23.7 Å². The minimum Gasteiger partial charge on any atom is -0.444 e. The molecule has 18 heavy (non-hydrogen) atoms. The Morgan fingerprint density at radius 1 is 1.44 bits per heavy atom. The highest BCUT2D eigenvalue weighted by molar-refractivity contribution is 5.61. The molecule has 0 amide bonds. The molecule has 1 aromatic heterocycles. The van der Waals surface area contributed by atoms with Crippen LogP contribution in [0.1, 0.15) is 22.9 Å². The van der Waals surface area contributed by atoms with Crippen LogP contribution < -0.4 is 11.1 Å². The van der Waals surface area contributed by atoms with Gasteiger partial charge in [-0.2, -0.15) is 5.26 Å². The van der Waals surface area contributed by atoms with Crippen LogP contribution in [-0.2, 0) is 6.54 Å². The van der Waals surface area contributed by atoms with E-state index in [1.807, 2.05) is 26.0 Å². The molecule has 0 aliphatic carbocycles. The van der Waals surface area contributed by atoms with Gasteiger partial charge in [0.15, 0.2) is 0 Å². The fourth-order valence-corrected chi connectivity index (χ4v) is 1.56. The van der Waals surface area contributed by atoms with Crippen molar-refractivity contribution in [2.45, 2.75) is 20.4 Å². The minimum absolute atomic E-state index is 0.458. The maximum Gasteiger partial charge on any atom is 0.213 e. The number of anilines is 2. The maximum absolute atomic E-state index is 8.88. The number of hydrogen-bond acceptors (Lipinski definition) is 5. The Morgan fingerprint density at radius 3 is 2.83 bits per heavy atom. The van der Waals surface area contributed by atoms with Gasteiger partial charge in [-0.1, -0.05) is 0 Å². The second kappa shape index (κ2) is 4.80. The number of aryl methyl sites for hydroxylation is 2. The predicted molar refractivity (Wildman–Crippen MR) is 68.9 cm³/mol. The van der Waals surface area contributed by atoms with E-state index in [1.54, 1.807) is 12.1 Å². The molecule has 0 spiro atoms. The molecule has 2 rings (SSSR count). The SMILES string of the molecule is Cc1nc(CNc2ccc(N)c(C#N)c2)oc1C. The summed E-state index contributed by atoms with van der Waals surface area (Å²) in [6.45, 7) is 4.26. The zero-order valence-corrected chi connectivity index (χ0v) is 10.3. The molecule has 92 valence electrons. The molecule has 0 unspecified atom stereocenters. The van der Waals surface area contributed by atoms with Gasteiger partial charge in [0, 0.05) is 11.4 Å². The molecule has 0 aliphatic heterocycles. The van der Waals surface area contributed by atoms with Gasteiger partial charge in [0.1, 0.15) is 11.8 Å². The average Bonchev–Trinajstić information content (AvgIpc) is 2.68. The Morgan fingerprint density at radius 2 is 2.22 bits per heavy atom. The Hall–Kier alpha value is -2.48. The third-order valence-electron chi connectivity index (χ3n) is 2.69. The Labute approximate surface area is 105 Å². The molecular weight excluding hydrogens is 228 g/mol. The fourth-order valence-electron chi connectivity index (χ4n) is 1.56. The summed E-state index contributed by atoms with van der Waals surface area (Å²) in [5, 5.41) is 12.0. The van der Waals surface area contributed by atoms with Gasteiger partial charge in [0.05, 0.1) is 17.8 Å². The second-order valence-corrected chi connectivity index (χ2v) is 4.02. The molecule has 0 saturated carbocycles. The summed E-state index contributed by atoms with van der Waals surface area (Å²) in [7, 11) is 0. The van der Waals surface area contributed by atoms with Crippen LogP contribution in [0.3, 0.4) is 0 Å². The van der Waals surface area contributed by atoms with Gasteiger partial charge < -0.3 is 15.5 Å². The zero-order chi connectivity index (χ0) is 13.1. The molecule has 5 heteroatoms. The Balaban J connectivity index is 2.09. The molecule has 1 heterocycles. The number of benzene rings is 1. The number of nitrogens with one attached hydrogen (secondary N) is 1. The number of nitrogen functional groups attached to an aromatic ring is 1. The third kappa shape index (κ3) is 2.43. The first kappa shape index (κ1) is 12.0. The molecule has 0 radical (unpaired) electrons. The third-order valence-corrected chi connectivity index (χ3v) is 2.69. The van der Waals surface area contributed by atoms with Crippen LogP contribution in [0.5, 0.6) is 0 Å². The van der Waals surface area contributed by atoms with Gasteiger partial charge in [-0.15, -0.1) is 0 Å². The zero-order valence-electron chi connectivity index (χ0n) is 10.3. The molecule has 0 saturated heterocycles. The monoisotopic (exact) mass is 242 g/mol. The van der Waals surface area contributed by atoms with E-state index < -0.39 is 0 Å². The summed E-state index contributed by atoms with van der Waals surface area (Å²) in [6.07, 6.45) is 0. The summed E-state index contributed by atoms with van der Waals surface area (Å²) in [5.41, 5.74) is 8.29. The lowest BCUT2D eigenvalue weighted by Crippen LogP contribution is -2.01. The Bertz CT molecular complexity index is 590. The summed E-state index contributed by atoms with van der Waals surface area (Å²) < 4.78 is 5.45. The minimum atomic E-state index is 0.458. The number of oxazole rings is 1. The van der Waals surface area contributed by atoms with Crippen molar-refractivity contribution >= 4 is 11.4 Å². The van der Waals surface area contributed by atoms with Crippen molar-refractivity contribution in [3.63, 3.8) is 0 Å². The van der Waals surface area contributed by atoms with Crippen LogP contribution in [-0.4, -0.2) is 4.98 Å². The van der Waals surface area contributed by atoms with Crippen molar-refractivity contribution in [3.05, 3.63) is 41.1 Å². The molecule has 0 bridgehead atoms. The number of rotatable bonds is 3. The summed E-state index contributed by atoms with van der Waals surface area (Å²) >= 11 is 0. The highest BCUT2D eigenvalue weighted by atomic mass is 16.4. The molecule has 0 atom stereocenters. The molecular formula is C13H14N4O. The van der Waals surface area contributed by atoms with E-state index in [-0.39, 0.29) is 0 Å². The van der Waals surface area contributed by atoms with E-state index in [0.717, 1.165) is 17.1 Å². The molecule has 3 N–H and O–H groups in total. The lowest BCUT2D eigenvalue weighted by Gasteiger charge is -2.05. The van der Waals surface area contributed by atoms with E-state index >= 15 is 0 Å². The number of hydrogen-bond donors (Lipinski definition) is 2. The van der Waals surface area contributed by atoms with Crippen molar-refractivity contribution in [1.82, 2.24) is 4.98 Å². The summed E-state index contributed by atoms with van der Waals surface area (Å²) in [5.74, 6) is 1.45. The quantitative estimate of drug-likeness (QED) is 0.806. The number of nitrogens with zero attached hydrogens (tertiary/aromatic N) is 2. The highest BCUT2D eigenvalue weighted by Gasteiger charge is 2.05. The van der Waals surface area contributed by atoms with Gasteiger partial charge >= 0.3 is 0 Å². The van der Waals surface area contributed by atoms with Gasteiger partial charge in [0.2, 0.25) is 5.89 Å². The fraction of sp³-hybridized carbons (Fsp3) is 0.231. The number of aromatic nitrogens is 1. The normalized spacial score (nSPS) is 10.1. The molecule has 0 aliphatic rings. The number of nitriles is 1. The standard InChI is InChI=1S/C13H14N4O/c1-8-9(2)18-13(17-8)7-16-11-3-4-12(15)10(5-11)6-14/h3-5,16H,7,15H2,1-2H3. The van der Waals surface area contributed by atoms with E-state index in [1.165, 1.54) is 0 Å². The molecule has 1 aromatic carbocycles. The summed E-state index contributed by atoms with van der Waals surface area (Å²) in [4.78, 5) is 4.27. The largest absolute Gasteiger partial charge is 0.444 e. The van der Waals surface area contributed by atoms with E-state index in [9.17, 15) is 0 Å². The molecule has 0 fully saturated rings. The van der Waals surface area contributed by atoms with Gasteiger partial charge in [-0.3, -0.25) is 0 Å². The van der Waals surface area contributed by atoms with Crippen LogP contribution >= 0.6 is 0 Å². The van der Waals surface area contributed by atoms with Gasteiger partial charge in [-0.25, -0.2) is 4.98 Å². The van der Waals surface area contributed by atoms with Gasteiger partial charge in [-0.05, 0) is 32.0 Å². The summed E-state index contributed by atoms with van der Waals surface area (Å²) in [6, 6.07) is 7.27. The highest BCUT2D eigenvalue weighted by Crippen LogP contribution is 2.18. The maximum atomic E-state index is 8.88. The average molecular weight is 242 g/mol. The first-order valence-electron chi connectivity index (χ1n) is 5.56. The van der Waals surface area contributed by atoms with Crippen LogP contribution in [0.4, 0.5) is 11.4 Å². The Kier molecular flexibility index (Phi) is 3.20. The first-order valence-corrected chi connectivity index (χ1v) is 5.56. The van der Waals surface area contributed by atoms with Crippen LogP contribution in [0.25, 0.3) is 0 Å². The van der Waals surface area contributed by atoms with Crippen molar-refractivity contribution in [2.24, 2.45) is 0 Å². The predicted octanol–water partition coefficient (Wildman–Crippen LogP) is 2.36.